The highest BCUT2D eigenvalue weighted by Crippen LogP contribution is 2.37. The summed E-state index contributed by atoms with van der Waals surface area (Å²) in [6, 6.07) is -0.338. The molecule has 18 heteroatoms. The first-order chi connectivity index (χ1) is 19.9. The van der Waals surface area contributed by atoms with Crippen molar-refractivity contribution in [2.45, 2.75) is 76.5 Å². The molecule has 0 spiro atoms. The molecular weight excluding hydrogens is 595 g/mol. The molecule has 0 radical (unpaired) electrons. The number of nitrogens with two attached hydrogens (primary N) is 1. The van der Waals surface area contributed by atoms with Crippen molar-refractivity contribution in [2.24, 2.45) is 11.7 Å². The lowest BCUT2D eigenvalue weighted by molar-refractivity contribution is -0.144. The van der Waals surface area contributed by atoms with E-state index in [2.05, 4.69) is 20.5 Å². The van der Waals surface area contributed by atoms with Crippen molar-refractivity contribution < 1.29 is 63.0 Å². The molecule has 0 unspecified atom stereocenters. The Morgan fingerprint density at radius 3 is 1.91 bits per heavy atom. The molecule has 1 aromatic carbocycles. The summed E-state index contributed by atoms with van der Waals surface area (Å²) in [4.78, 5) is 89.9. The fraction of sp³-hybridized carbons (Fsp3) is 0.520. The van der Waals surface area contributed by atoms with Crippen LogP contribution in [-0.4, -0.2) is 84.9 Å². The number of benzene rings is 1. The van der Waals surface area contributed by atoms with Gasteiger partial charge in [-0.05, 0) is 42.9 Å². The maximum atomic E-state index is 12.9. The highest BCUT2D eigenvalue weighted by Gasteiger charge is 2.30. The summed E-state index contributed by atoms with van der Waals surface area (Å²) in [5.74, 6) is -7.29. The molecule has 0 fully saturated rings. The van der Waals surface area contributed by atoms with Crippen LogP contribution in [0.1, 0.15) is 51.5 Å². The molecule has 43 heavy (non-hydrogen) atoms. The van der Waals surface area contributed by atoms with Crippen molar-refractivity contribution in [1.29, 1.82) is 0 Å². The molecule has 1 aromatic rings. The van der Waals surface area contributed by atoms with Gasteiger partial charge in [0.05, 0.1) is 6.04 Å². The predicted octanol–water partition coefficient (Wildman–Crippen LogP) is -0.657. The fourth-order valence-corrected chi connectivity index (χ4v) is 4.12. The van der Waals surface area contributed by atoms with Gasteiger partial charge in [0.1, 0.15) is 23.9 Å². The Hall–Kier alpha value is -4.05. The fourth-order valence-electron chi connectivity index (χ4n) is 3.72. The third kappa shape index (κ3) is 14.1. The molecule has 0 aromatic heterocycles. The van der Waals surface area contributed by atoms with E-state index >= 15 is 0 Å². The van der Waals surface area contributed by atoms with Gasteiger partial charge in [-0.2, -0.15) is 0 Å². The highest BCUT2D eigenvalue weighted by molar-refractivity contribution is 7.46. The third-order valence-corrected chi connectivity index (χ3v) is 6.74. The van der Waals surface area contributed by atoms with Gasteiger partial charge in [0, 0.05) is 12.8 Å². The van der Waals surface area contributed by atoms with E-state index in [0.29, 0.717) is 12.0 Å². The average Bonchev–Trinajstić information content (AvgIpc) is 2.90. The number of hydrogen-bond donors (Lipinski definition) is 9. The SMILES string of the molecule is CC[C@H](C)[C@H](NC(=O)CC[C@H](NC(=O)[C@H](CCC(=O)O)NC(=O)[C@@H](N)Cc1ccc(OP(=O)(O)O)cc1)C(=O)O)C(=O)O. The molecule has 0 heterocycles. The number of hydrogen-bond acceptors (Lipinski definition) is 9. The third-order valence-electron chi connectivity index (χ3n) is 6.29. The number of carboxylic acids is 3. The second-order valence-corrected chi connectivity index (χ2v) is 10.9. The van der Waals surface area contributed by atoms with E-state index in [4.69, 9.17) is 20.6 Å². The van der Waals surface area contributed by atoms with E-state index in [1.165, 1.54) is 24.3 Å². The number of carbonyl (C=O) groups excluding carboxylic acids is 3. The highest BCUT2D eigenvalue weighted by atomic mass is 31.2. The monoisotopic (exact) mass is 632 g/mol. The first-order valence-electron chi connectivity index (χ1n) is 13.1. The molecule has 0 saturated heterocycles. The van der Waals surface area contributed by atoms with E-state index in [1.807, 2.05) is 0 Å². The standard InChI is InChI=1S/C25H37N4O13P/c1-3-13(2)21(25(37)38)29-19(30)10-8-18(24(35)36)28-23(34)17(9-11-20(31)32)27-22(33)16(26)12-14-4-6-15(7-5-14)42-43(39,40)41/h4-7,13,16-18,21H,3,8-12,26H2,1-2H3,(H,27,33)(H,28,34)(H,29,30)(H,31,32)(H,35,36)(H,37,38)(H2,39,40,41)/t13-,16-,17-,18-,21-/m0/s1. The normalized spacial score (nSPS) is 14.7. The molecular formula is C25H37N4O13P. The minimum atomic E-state index is -4.77. The van der Waals surface area contributed by atoms with Crippen molar-refractivity contribution >= 4 is 43.5 Å². The Kier molecular flexibility index (Phi) is 14.8. The summed E-state index contributed by atoms with van der Waals surface area (Å²) >= 11 is 0. The summed E-state index contributed by atoms with van der Waals surface area (Å²) < 4.78 is 15.4. The summed E-state index contributed by atoms with van der Waals surface area (Å²) in [7, 11) is -4.77. The number of amides is 3. The Morgan fingerprint density at radius 1 is 0.860 bits per heavy atom. The summed E-state index contributed by atoms with van der Waals surface area (Å²) in [5.41, 5.74) is 6.37. The average molecular weight is 633 g/mol. The van der Waals surface area contributed by atoms with E-state index in [0.717, 1.165) is 0 Å². The molecule has 0 bridgehead atoms. The summed E-state index contributed by atoms with van der Waals surface area (Å²) in [6.07, 6.45) is -1.51. The van der Waals surface area contributed by atoms with Gasteiger partial charge in [-0.15, -0.1) is 0 Å². The lowest BCUT2D eigenvalue weighted by Crippen LogP contribution is -2.55. The minimum Gasteiger partial charge on any atom is -0.481 e. The van der Waals surface area contributed by atoms with E-state index < -0.39 is 99.2 Å². The molecule has 10 N–H and O–H groups in total. The smallest absolute Gasteiger partial charge is 0.481 e. The zero-order valence-corrected chi connectivity index (χ0v) is 24.4. The Morgan fingerprint density at radius 2 is 1.42 bits per heavy atom. The quantitative estimate of drug-likeness (QED) is 0.0856. The maximum Gasteiger partial charge on any atom is 0.524 e. The van der Waals surface area contributed by atoms with Crippen molar-refractivity contribution in [3.63, 3.8) is 0 Å². The van der Waals surface area contributed by atoms with Crippen molar-refractivity contribution in [2.75, 3.05) is 0 Å². The Bertz CT molecular complexity index is 1200. The van der Waals surface area contributed by atoms with Gasteiger partial charge in [-0.3, -0.25) is 29.0 Å². The van der Waals surface area contributed by atoms with E-state index in [9.17, 15) is 43.5 Å². The topological polar surface area (TPSA) is 292 Å². The number of carbonyl (C=O) groups is 6. The number of phosphoric acid groups is 1. The molecule has 0 aliphatic heterocycles. The van der Waals surface area contributed by atoms with E-state index in [1.54, 1.807) is 13.8 Å². The number of rotatable bonds is 19. The lowest BCUT2D eigenvalue weighted by Gasteiger charge is -2.23. The zero-order chi connectivity index (χ0) is 32.9. The largest absolute Gasteiger partial charge is 0.524 e. The second kappa shape index (κ2) is 17.2. The van der Waals surface area contributed by atoms with Crippen LogP contribution in [0.5, 0.6) is 5.75 Å². The van der Waals surface area contributed by atoms with Gasteiger partial charge in [0.25, 0.3) is 0 Å². The molecule has 0 aliphatic rings. The van der Waals surface area contributed by atoms with Crippen LogP contribution in [0.3, 0.4) is 0 Å². The molecule has 17 nitrogen and oxygen atoms in total. The first-order valence-corrected chi connectivity index (χ1v) is 14.6. The molecule has 240 valence electrons. The zero-order valence-electron chi connectivity index (χ0n) is 23.5. The van der Waals surface area contributed by atoms with Crippen LogP contribution in [0, 0.1) is 5.92 Å². The summed E-state index contributed by atoms with van der Waals surface area (Å²) in [6.45, 7) is 3.36. The van der Waals surface area contributed by atoms with Crippen molar-refractivity contribution in [1.82, 2.24) is 16.0 Å². The van der Waals surface area contributed by atoms with Crippen LogP contribution < -0.4 is 26.2 Å². The van der Waals surface area contributed by atoms with Crippen LogP contribution in [-0.2, 0) is 39.8 Å². The Balaban J connectivity index is 2.88. The molecule has 0 saturated carbocycles. The summed E-state index contributed by atoms with van der Waals surface area (Å²) in [5, 5.41) is 34.7. The van der Waals surface area contributed by atoms with Gasteiger partial charge >= 0.3 is 25.7 Å². The number of nitrogens with one attached hydrogen (secondary N) is 3. The van der Waals surface area contributed by atoms with Gasteiger partial charge in [0.2, 0.25) is 17.7 Å². The predicted molar refractivity (Wildman–Crippen MR) is 147 cm³/mol. The number of phosphoric ester groups is 1. The van der Waals surface area contributed by atoms with Gasteiger partial charge < -0.3 is 41.5 Å². The molecule has 0 aliphatic carbocycles. The van der Waals surface area contributed by atoms with Crippen LogP contribution in [0.15, 0.2) is 24.3 Å². The van der Waals surface area contributed by atoms with Gasteiger partial charge in [-0.1, -0.05) is 32.4 Å². The van der Waals surface area contributed by atoms with Crippen molar-refractivity contribution in [3.8, 4) is 5.75 Å². The minimum absolute atomic E-state index is 0.101. The number of carboxylic acid groups (broad SMARTS) is 3. The first kappa shape index (κ1) is 37.0. The van der Waals surface area contributed by atoms with E-state index in [-0.39, 0.29) is 12.2 Å². The van der Waals surface area contributed by atoms with Gasteiger partial charge in [0.15, 0.2) is 0 Å². The van der Waals surface area contributed by atoms with Crippen LogP contribution in [0.25, 0.3) is 0 Å². The molecule has 1 rings (SSSR count). The van der Waals surface area contributed by atoms with Crippen molar-refractivity contribution in [3.05, 3.63) is 29.8 Å². The molecule has 5 atom stereocenters. The molecule has 3 amide bonds. The maximum absolute atomic E-state index is 12.9. The van der Waals surface area contributed by atoms with Crippen LogP contribution in [0.2, 0.25) is 0 Å². The number of aliphatic carboxylic acids is 3. The van der Waals surface area contributed by atoms with Gasteiger partial charge in [-0.25, -0.2) is 14.2 Å². The van der Waals surface area contributed by atoms with Crippen LogP contribution >= 0.6 is 7.82 Å². The Labute approximate surface area is 246 Å². The van der Waals surface area contributed by atoms with Crippen LogP contribution in [0.4, 0.5) is 0 Å². The second-order valence-electron chi connectivity index (χ2n) is 9.74. The lowest BCUT2D eigenvalue weighted by atomic mass is 9.99.